The third-order valence-corrected chi connectivity index (χ3v) is 2.15. The lowest BCUT2D eigenvalue weighted by molar-refractivity contribution is 0.126. The van der Waals surface area contributed by atoms with Gasteiger partial charge in [-0.2, -0.15) is 0 Å². The van der Waals surface area contributed by atoms with E-state index in [0.717, 1.165) is 25.5 Å². The van der Waals surface area contributed by atoms with Crippen LogP contribution in [0.3, 0.4) is 0 Å². The van der Waals surface area contributed by atoms with Crippen molar-refractivity contribution in [3.8, 4) is 0 Å². The van der Waals surface area contributed by atoms with Gasteiger partial charge in [-0.05, 0) is 32.4 Å². The first kappa shape index (κ1) is 11.3. The van der Waals surface area contributed by atoms with Crippen LogP contribution in [0.4, 0.5) is 0 Å². The summed E-state index contributed by atoms with van der Waals surface area (Å²) in [6.45, 7) is 8.44. The first-order valence-corrected chi connectivity index (χ1v) is 5.08. The lowest BCUT2D eigenvalue weighted by Crippen LogP contribution is -2.30. The molecule has 0 saturated heterocycles. The fourth-order valence-corrected chi connectivity index (χ4v) is 1.21. The van der Waals surface area contributed by atoms with Gasteiger partial charge in [-0.15, -0.1) is 0 Å². The summed E-state index contributed by atoms with van der Waals surface area (Å²) in [5.41, 5.74) is 1.20. The summed E-state index contributed by atoms with van der Waals surface area (Å²) >= 11 is 0. The number of ether oxygens (including phenoxy) is 1. The first-order chi connectivity index (χ1) is 6.74. The number of aryl methyl sites for hydroxylation is 1. The van der Waals surface area contributed by atoms with E-state index in [1.807, 2.05) is 19.9 Å². The third-order valence-electron chi connectivity index (χ3n) is 2.15. The predicted molar refractivity (Wildman–Crippen MR) is 56.2 cm³/mol. The SMILES string of the molecule is CCOCC(C)NCc1occc1C. The van der Waals surface area contributed by atoms with E-state index >= 15 is 0 Å². The number of rotatable bonds is 6. The van der Waals surface area contributed by atoms with Gasteiger partial charge in [0.1, 0.15) is 5.76 Å². The highest BCUT2D eigenvalue weighted by Crippen LogP contribution is 2.08. The van der Waals surface area contributed by atoms with Gasteiger partial charge in [0.2, 0.25) is 0 Å². The minimum atomic E-state index is 0.361. The molecule has 80 valence electrons. The van der Waals surface area contributed by atoms with Crippen LogP contribution in [0, 0.1) is 6.92 Å². The molecule has 1 aromatic heterocycles. The average molecular weight is 197 g/mol. The second-order valence-electron chi connectivity index (χ2n) is 3.47. The lowest BCUT2D eigenvalue weighted by Gasteiger charge is -2.12. The van der Waals surface area contributed by atoms with E-state index in [1.54, 1.807) is 6.26 Å². The Morgan fingerprint density at radius 2 is 2.36 bits per heavy atom. The van der Waals surface area contributed by atoms with E-state index in [0.29, 0.717) is 6.04 Å². The molecule has 14 heavy (non-hydrogen) atoms. The van der Waals surface area contributed by atoms with Crippen molar-refractivity contribution in [1.82, 2.24) is 5.32 Å². The second kappa shape index (κ2) is 5.83. The Labute approximate surface area is 85.4 Å². The fraction of sp³-hybridized carbons (Fsp3) is 0.636. The van der Waals surface area contributed by atoms with Gasteiger partial charge in [-0.1, -0.05) is 0 Å². The molecule has 0 spiro atoms. The molecule has 1 aromatic rings. The van der Waals surface area contributed by atoms with Crippen molar-refractivity contribution in [1.29, 1.82) is 0 Å². The van der Waals surface area contributed by atoms with Crippen LogP contribution < -0.4 is 5.32 Å². The van der Waals surface area contributed by atoms with Crippen molar-refractivity contribution in [3.63, 3.8) is 0 Å². The van der Waals surface area contributed by atoms with E-state index in [9.17, 15) is 0 Å². The van der Waals surface area contributed by atoms with E-state index in [2.05, 4.69) is 12.2 Å². The molecule has 0 aromatic carbocycles. The van der Waals surface area contributed by atoms with Crippen LogP contribution in [0.1, 0.15) is 25.2 Å². The van der Waals surface area contributed by atoms with Crippen LogP contribution >= 0.6 is 0 Å². The molecule has 0 aliphatic rings. The molecule has 1 N–H and O–H groups in total. The Morgan fingerprint density at radius 3 is 2.93 bits per heavy atom. The normalized spacial score (nSPS) is 13.1. The van der Waals surface area contributed by atoms with Crippen molar-refractivity contribution >= 4 is 0 Å². The summed E-state index contributed by atoms with van der Waals surface area (Å²) in [6.07, 6.45) is 1.72. The van der Waals surface area contributed by atoms with E-state index < -0.39 is 0 Å². The summed E-state index contributed by atoms with van der Waals surface area (Å²) in [6, 6.07) is 2.34. The van der Waals surface area contributed by atoms with Crippen LogP contribution in [0.2, 0.25) is 0 Å². The van der Waals surface area contributed by atoms with Gasteiger partial charge in [0.05, 0.1) is 19.4 Å². The van der Waals surface area contributed by atoms with Gasteiger partial charge in [-0.25, -0.2) is 0 Å². The predicted octanol–water partition coefficient (Wildman–Crippen LogP) is 2.10. The molecule has 3 nitrogen and oxygen atoms in total. The fourth-order valence-electron chi connectivity index (χ4n) is 1.21. The molecule has 3 heteroatoms. The van der Waals surface area contributed by atoms with E-state index in [-0.39, 0.29) is 0 Å². The average Bonchev–Trinajstić information content (AvgIpc) is 2.58. The molecule has 1 rings (SSSR count). The lowest BCUT2D eigenvalue weighted by atomic mass is 10.2. The third kappa shape index (κ3) is 3.52. The Hall–Kier alpha value is -0.800. The molecule has 0 bridgehead atoms. The molecular formula is C11H19NO2. The van der Waals surface area contributed by atoms with Crippen LogP contribution in [0.25, 0.3) is 0 Å². The quantitative estimate of drug-likeness (QED) is 0.758. The number of furan rings is 1. The Bertz CT molecular complexity index is 258. The van der Waals surface area contributed by atoms with Crippen molar-refractivity contribution in [3.05, 3.63) is 23.7 Å². The molecule has 0 saturated carbocycles. The maximum Gasteiger partial charge on any atom is 0.120 e. The van der Waals surface area contributed by atoms with Gasteiger partial charge in [-0.3, -0.25) is 0 Å². The van der Waals surface area contributed by atoms with Crippen molar-refractivity contribution in [2.24, 2.45) is 0 Å². The van der Waals surface area contributed by atoms with Crippen molar-refractivity contribution in [2.45, 2.75) is 33.4 Å². The highest BCUT2D eigenvalue weighted by molar-refractivity contribution is 5.14. The Kier molecular flexibility index (Phi) is 4.70. The second-order valence-corrected chi connectivity index (χ2v) is 3.47. The number of hydrogen-bond donors (Lipinski definition) is 1. The molecule has 0 aliphatic heterocycles. The smallest absolute Gasteiger partial charge is 0.120 e. The summed E-state index contributed by atoms with van der Waals surface area (Å²) in [4.78, 5) is 0. The van der Waals surface area contributed by atoms with Gasteiger partial charge < -0.3 is 14.5 Å². The molecule has 0 amide bonds. The zero-order valence-electron chi connectivity index (χ0n) is 9.17. The molecule has 0 radical (unpaired) electrons. The minimum Gasteiger partial charge on any atom is -0.468 e. The Balaban J connectivity index is 2.23. The van der Waals surface area contributed by atoms with Crippen molar-refractivity contribution in [2.75, 3.05) is 13.2 Å². The molecule has 1 unspecified atom stereocenters. The van der Waals surface area contributed by atoms with Crippen molar-refractivity contribution < 1.29 is 9.15 Å². The number of nitrogens with one attached hydrogen (secondary N) is 1. The van der Waals surface area contributed by atoms with Gasteiger partial charge in [0.25, 0.3) is 0 Å². The molecule has 1 atom stereocenters. The van der Waals surface area contributed by atoms with Crippen LogP contribution in [-0.2, 0) is 11.3 Å². The highest BCUT2D eigenvalue weighted by atomic mass is 16.5. The minimum absolute atomic E-state index is 0.361. The zero-order chi connectivity index (χ0) is 10.4. The highest BCUT2D eigenvalue weighted by Gasteiger charge is 2.04. The largest absolute Gasteiger partial charge is 0.468 e. The topological polar surface area (TPSA) is 34.4 Å². The summed E-state index contributed by atoms with van der Waals surface area (Å²) in [7, 11) is 0. The molecular weight excluding hydrogens is 178 g/mol. The molecule has 0 aliphatic carbocycles. The van der Waals surface area contributed by atoms with Gasteiger partial charge in [0, 0.05) is 12.6 Å². The molecule has 0 fully saturated rings. The Morgan fingerprint density at radius 1 is 1.57 bits per heavy atom. The first-order valence-electron chi connectivity index (χ1n) is 5.08. The van der Waals surface area contributed by atoms with Crippen LogP contribution in [0.5, 0.6) is 0 Å². The van der Waals surface area contributed by atoms with Crippen LogP contribution in [0.15, 0.2) is 16.7 Å². The van der Waals surface area contributed by atoms with Gasteiger partial charge >= 0.3 is 0 Å². The maximum absolute atomic E-state index is 5.32. The van der Waals surface area contributed by atoms with Gasteiger partial charge in [0.15, 0.2) is 0 Å². The van der Waals surface area contributed by atoms with Crippen LogP contribution in [-0.4, -0.2) is 19.3 Å². The zero-order valence-corrected chi connectivity index (χ0v) is 9.17. The standard InChI is InChI=1S/C11H19NO2/c1-4-13-8-10(3)12-7-11-9(2)5-6-14-11/h5-6,10,12H,4,7-8H2,1-3H3. The number of hydrogen-bond acceptors (Lipinski definition) is 3. The monoisotopic (exact) mass is 197 g/mol. The summed E-state index contributed by atoms with van der Waals surface area (Å²) in [5.74, 6) is 1.01. The summed E-state index contributed by atoms with van der Waals surface area (Å²) < 4.78 is 10.6. The maximum atomic E-state index is 5.32. The summed E-state index contributed by atoms with van der Waals surface area (Å²) in [5, 5.41) is 3.34. The molecule has 1 heterocycles. The van der Waals surface area contributed by atoms with E-state index in [1.165, 1.54) is 5.56 Å². The van der Waals surface area contributed by atoms with E-state index in [4.69, 9.17) is 9.15 Å².